The third kappa shape index (κ3) is 4.16. The van der Waals surface area contributed by atoms with Crippen molar-refractivity contribution in [1.29, 1.82) is 0 Å². The standard InChI is InChI=1S/C17H24N4O/c1-15(13-20-7-9-22-10-8-20)18-11-16-12-19-21(14-16)17-5-3-2-4-6-17/h2-6,12,14-15,18H,7-11,13H2,1H3. The Kier molecular flexibility index (Phi) is 5.21. The van der Waals surface area contributed by atoms with Crippen molar-refractivity contribution in [2.75, 3.05) is 32.8 Å². The van der Waals surface area contributed by atoms with Crippen LogP contribution in [0.4, 0.5) is 0 Å². The molecule has 5 heteroatoms. The average Bonchev–Trinajstić information content (AvgIpc) is 3.04. The largest absolute Gasteiger partial charge is 0.379 e. The molecule has 0 bridgehead atoms. The molecule has 1 aromatic heterocycles. The van der Waals surface area contributed by atoms with Crippen molar-refractivity contribution in [3.8, 4) is 5.69 Å². The topological polar surface area (TPSA) is 42.3 Å². The Balaban J connectivity index is 1.48. The van der Waals surface area contributed by atoms with E-state index >= 15 is 0 Å². The summed E-state index contributed by atoms with van der Waals surface area (Å²) in [5.41, 5.74) is 2.30. The lowest BCUT2D eigenvalue weighted by atomic mass is 10.2. The molecule has 5 nitrogen and oxygen atoms in total. The fourth-order valence-electron chi connectivity index (χ4n) is 2.70. The summed E-state index contributed by atoms with van der Waals surface area (Å²) in [7, 11) is 0. The molecule has 1 aliphatic rings. The second-order valence-corrected chi connectivity index (χ2v) is 5.82. The van der Waals surface area contributed by atoms with Crippen LogP contribution in [0.3, 0.4) is 0 Å². The van der Waals surface area contributed by atoms with E-state index in [0.29, 0.717) is 6.04 Å². The van der Waals surface area contributed by atoms with Gasteiger partial charge in [-0.3, -0.25) is 4.90 Å². The lowest BCUT2D eigenvalue weighted by molar-refractivity contribution is 0.0343. The van der Waals surface area contributed by atoms with Crippen molar-refractivity contribution in [2.45, 2.75) is 19.5 Å². The van der Waals surface area contributed by atoms with Crippen molar-refractivity contribution in [3.63, 3.8) is 0 Å². The molecule has 0 spiro atoms. The van der Waals surface area contributed by atoms with Crippen LogP contribution in [0.25, 0.3) is 5.69 Å². The summed E-state index contributed by atoms with van der Waals surface area (Å²) in [5.74, 6) is 0. The van der Waals surface area contributed by atoms with Gasteiger partial charge in [-0.2, -0.15) is 5.10 Å². The van der Waals surface area contributed by atoms with Gasteiger partial charge in [-0.25, -0.2) is 4.68 Å². The van der Waals surface area contributed by atoms with Crippen LogP contribution in [-0.2, 0) is 11.3 Å². The Morgan fingerprint density at radius 2 is 2.00 bits per heavy atom. The van der Waals surface area contributed by atoms with Crippen molar-refractivity contribution < 1.29 is 4.74 Å². The molecule has 0 radical (unpaired) electrons. The minimum atomic E-state index is 0.457. The van der Waals surface area contributed by atoms with Crippen molar-refractivity contribution in [3.05, 3.63) is 48.3 Å². The first-order valence-electron chi connectivity index (χ1n) is 7.94. The number of ether oxygens (including phenoxy) is 1. The van der Waals surface area contributed by atoms with Crippen LogP contribution in [0, 0.1) is 0 Å². The van der Waals surface area contributed by atoms with E-state index < -0.39 is 0 Å². The van der Waals surface area contributed by atoms with Crippen molar-refractivity contribution in [2.24, 2.45) is 0 Å². The highest BCUT2D eigenvalue weighted by molar-refractivity contribution is 5.30. The van der Waals surface area contributed by atoms with E-state index in [1.807, 2.05) is 29.1 Å². The zero-order chi connectivity index (χ0) is 15.2. The fourth-order valence-corrected chi connectivity index (χ4v) is 2.70. The average molecular weight is 300 g/mol. The summed E-state index contributed by atoms with van der Waals surface area (Å²) < 4.78 is 7.30. The van der Waals surface area contributed by atoms with E-state index in [1.165, 1.54) is 5.56 Å². The highest BCUT2D eigenvalue weighted by Gasteiger charge is 2.13. The number of aromatic nitrogens is 2. The molecule has 1 atom stereocenters. The highest BCUT2D eigenvalue weighted by Crippen LogP contribution is 2.08. The lowest BCUT2D eigenvalue weighted by Gasteiger charge is -2.29. The Morgan fingerprint density at radius 1 is 1.23 bits per heavy atom. The molecule has 0 aliphatic carbocycles. The van der Waals surface area contributed by atoms with E-state index in [1.54, 1.807) is 0 Å². The van der Waals surface area contributed by atoms with E-state index in [2.05, 4.69) is 40.6 Å². The molecule has 1 aromatic carbocycles. The maximum absolute atomic E-state index is 5.38. The SMILES string of the molecule is CC(CN1CCOCC1)NCc1cnn(-c2ccccc2)c1. The van der Waals surface area contributed by atoms with Gasteiger partial charge in [-0.05, 0) is 19.1 Å². The van der Waals surface area contributed by atoms with Crippen LogP contribution in [0.5, 0.6) is 0 Å². The zero-order valence-corrected chi connectivity index (χ0v) is 13.1. The highest BCUT2D eigenvalue weighted by atomic mass is 16.5. The van der Waals surface area contributed by atoms with Crippen LogP contribution in [-0.4, -0.2) is 53.6 Å². The predicted molar refractivity (Wildman–Crippen MR) is 87.1 cm³/mol. The van der Waals surface area contributed by atoms with Gasteiger partial charge in [0.2, 0.25) is 0 Å². The van der Waals surface area contributed by atoms with Gasteiger partial charge in [0.15, 0.2) is 0 Å². The second-order valence-electron chi connectivity index (χ2n) is 5.82. The molecule has 22 heavy (non-hydrogen) atoms. The Labute approximate surface area is 131 Å². The summed E-state index contributed by atoms with van der Waals surface area (Å²) >= 11 is 0. The molecular weight excluding hydrogens is 276 g/mol. The number of benzene rings is 1. The van der Waals surface area contributed by atoms with Gasteiger partial charge in [0.1, 0.15) is 0 Å². The van der Waals surface area contributed by atoms with Gasteiger partial charge in [0.25, 0.3) is 0 Å². The lowest BCUT2D eigenvalue weighted by Crippen LogP contribution is -2.44. The van der Waals surface area contributed by atoms with Crippen LogP contribution >= 0.6 is 0 Å². The van der Waals surface area contributed by atoms with Gasteiger partial charge in [0.05, 0.1) is 25.1 Å². The van der Waals surface area contributed by atoms with E-state index in [4.69, 9.17) is 4.74 Å². The van der Waals surface area contributed by atoms with Gasteiger partial charge in [0, 0.05) is 44.0 Å². The number of morpholine rings is 1. The number of para-hydroxylation sites is 1. The number of hydrogen-bond donors (Lipinski definition) is 1. The van der Waals surface area contributed by atoms with Crippen LogP contribution in [0.1, 0.15) is 12.5 Å². The Hall–Kier alpha value is -1.69. The van der Waals surface area contributed by atoms with Crippen molar-refractivity contribution >= 4 is 0 Å². The van der Waals surface area contributed by atoms with Gasteiger partial charge < -0.3 is 10.1 Å². The number of rotatable bonds is 6. The third-order valence-electron chi connectivity index (χ3n) is 3.95. The second kappa shape index (κ2) is 7.54. The molecule has 3 rings (SSSR count). The summed E-state index contributed by atoms with van der Waals surface area (Å²) in [6.45, 7) is 7.94. The number of nitrogens with zero attached hydrogens (tertiary/aromatic N) is 3. The third-order valence-corrected chi connectivity index (χ3v) is 3.95. The smallest absolute Gasteiger partial charge is 0.0645 e. The molecule has 1 unspecified atom stereocenters. The van der Waals surface area contributed by atoms with Gasteiger partial charge in [-0.1, -0.05) is 18.2 Å². The first-order valence-corrected chi connectivity index (χ1v) is 7.94. The summed E-state index contributed by atoms with van der Waals surface area (Å²) in [5, 5.41) is 8.00. The first-order chi connectivity index (χ1) is 10.8. The van der Waals surface area contributed by atoms with Gasteiger partial charge in [-0.15, -0.1) is 0 Å². The molecule has 0 saturated carbocycles. The summed E-state index contributed by atoms with van der Waals surface area (Å²) in [6, 6.07) is 10.6. The predicted octanol–water partition coefficient (Wildman–Crippen LogP) is 1.68. The molecule has 1 N–H and O–H groups in total. The first kappa shape index (κ1) is 15.2. The quantitative estimate of drug-likeness (QED) is 0.881. The van der Waals surface area contributed by atoms with Crippen LogP contribution in [0.2, 0.25) is 0 Å². The van der Waals surface area contributed by atoms with E-state index in [9.17, 15) is 0 Å². The maximum atomic E-state index is 5.38. The summed E-state index contributed by atoms with van der Waals surface area (Å²) in [4.78, 5) is 2.45. The van der Waals surface area contributed by atoms with Gasteiger partial charge >= 0.3 is 0 Å². The van der Waals surface area contributed by atoms with E-state index in [-0.39, 0.29) is 0 Å². The minimum Gasteiger partial charge on any atom is -0.379 e. The minimum absolute atomic E-state index is 0.457. The monoisotopic (exact) mass is 300 g/mol. The Morgan fingerprint density at radius 3 is 2.77 bits per heavy atom. The molecule has 118 valence electrons. The normalized spacial score (nSPS) is 17.5. The van der Waals surface area contributed by atoms with Crippen molar-refractivity contribution in [1.82, 2.24) is 20.0 Å². The molecule has 1 fully saturated rings. The Bertz CT molecular complexity index is 563. The molecule has 1 saturated heterocycles. The molecule has 2 heterocycles. The van der Waals surface area contributed by atoms with E-state index in [0.717, 1.165) is 45.1 Å². The van der Waals surface area contributed by atoms with Crippen LogP contribution < -0.4 is 5.32 Å². The van der Waals surface area contributed by atoms with Crippen LogP contribution in [0.15, 0.2) is 42.7 Å². The maximum Gasteiger partial charge on any atom is 0.0645 e. The molecule has 2 aromatic rings. The fraction of sp³-hybridized carbons (Fsp3) is 0.471. The molecule has 0 amide bonds. The zero-order valence-electron chi connectivity index (χ0n) is 13.1. The molecule has 1 aliphatic heterocycles. The number of hydrogen-bond acceptors (Lipinski definition) is 4. The summed E-state index contributed by atoms with van der Waals surface area (Å²) in [6.07, 6.45) is 4.02. The molecular formula is C17H24N4O. The number of nitrogens with one attached hydrogen (secondary N) is 1.